The van der Waals surface area contributed by atoms with Gasteiger partial charge in [0.1, 0.15) is 16.5 Å². The molecular formula is C21H17ClFN3O3. The lowest BCUT2D eigenvalue weighted by Gasteiger charge is -2.16. The van der Waals surface area contributed by atoms with E-state index in [1.807, 2.05) is 0 Å². The molecule has 0 saturated carbocycles. The Morgan fingerprint density at radius 3 is 2.38 bits per heavy atom. The summed E-state index contributed by atoms with van der Waals surface area (Å²) in [7, 11) is 0. The molecule has 4 rings (SSSR count). The van der Waals surface area contributed by atoms with Gasteiger partial charge in [0.15, 0.2) is 0 Å². The highest BCUT2D eigenvalue weighted by molar-refractivity contribution is 6.53. The molecule has 2 aliphatic rings. The van der Waals surface area contributed by atoms with Gasteiger partial charge >= 0.3 is 0 Å². The van der Waals surface area contributed by atoms with Crippen LogP contribution in [0.1, 0.15) is 23.2 Å². The number of rotatable bonds is 4. The van der Waals surface area contributed by atoms with E-state index in [4.69, 9.17) is 11.6 Å². The summed E-state index contributed by atoms with van der Waals surface area (Å²) in [4.78, 5) is 40.5. The number of carbonyl (C=O) groups excluding carboxylic acids is 3. The quantitative estimate of drug-likeness (QED) is 0.779. The van der Waals surface area contributed by atoms with Crippen LogP contribution < -0.4 is 10.2 Å². The summed E-state index contributed by atoms with van der Waals surface area (Å²) in [5.41, 5.74) is 1.08. The van der Waals surface area contributed by atoms with Crippen LogP contribution in [-0.4, -0.2) is 35.7 Å². The van der Waals surface area contributed by atoms with Crippen LogP contribution >= 0.6 is 11.6 Å². The summed E-state index contributed by atoms with van der Waals surface area (Å²) in [6.45, 7) is 1.46. The van der Waals surface area contributed by atoms with Gasteiger partial charge in [0.2, 0.25) is 0 Å². The molecule has 3 amide bonds. The summed E-state index contributed by atoms with van der Waals surface area (Å²) in [6, 6.07) is 11.7. The molecule has 0 unspecified atom stereocenters. The fourth-order valence-electron chi connectivity index (χ4n) is 3.41. The molecule has 1 saturated heterocycles. The van der Waals surface area contributed by atoms with E-state index in [0.29, 0.717) is 11.3 Å². The normalized spacial score (nSPS) is 16.8. The Morgan fingerprint density at radius 2 is 1.69 bits per heavy atom. The predicted octanol–water partition coefficient (Wildman–Crippen LogP) is 3.50. The average molecular weight is 414 g/mol. The van der Waals surface area contributed by atoms with Crippen LogP contribution in [0, 0.1) is 5.82 Å². The van der Waals surface area contributed by atoms with Crippen molar-refractivity contribution in [2.45, 2.75) is 12.8 Å². The molecule has 0 aromatic heterocycles. The predicted molar refractivity (Wildman–Crippen MR) is 107 cm³/mol. The zero-order valence-electron chi connectivity index (χ0n) is 15.3. The Bertz CT molecular complexity index is 1030. The highest BCUT2D eigenvalue weighted by atomic mass is 35.5. The molecule has 6 nitrogen and oxygen atoms in total. The van der Waals surface area contributed by atoms with Gasteiger partial charge in [-0.15, -0.1) is 0 Å². The van der Waals surface area contributed by atoms with E-state index in [2.05, 4.69) is 5.32 Å². The van der Waals surface area contributed by atoms with Gasteiger partial charge in [0.05, 0.1) is 5.69 Å². The molecule has 2 heterocycles. The third-order valence-corrected chi connectivity index (χ3v) is 5.23. The van der Waals surface area contributed by atoms with Gasteiger partial charge in [-0.05, 0) is 55.3 Å². The fourth-order valence-corrected chi connectivity index (χ4v) is 3.63. The molecule has 0 bridgehead atoms. The number of amides is 3. The number of likely N-dealkylation sites (tertiary alicyclic amines) is 1. The summed E-state index contributed by atoms with van der Waals surface area (Å²) in [6.07, 6.45) is 1.98. The highest BCUT2D eigenvalue weighted by Gasteiger charge is 2.39. The Labute approximate surface area is 171 Å². The standard InChI is InChI=1S/C21H17ClFN3O3/c22-17-18(21(29)26(20(17)28)16-8-6-14(23)7-9-16)24-15-5-3-4-13(12-15)19(27)25-10-1-2-11-25/h3-9,12,24H,1-2,10-11H2. The molecule has 0 radical (unpaired) electrons. The van der Waals surface area contributed by atoms with Gasteiger partial charge in [0, 0.05) is 24.3 Å². The van der Waals surface area contributed by atoms with E-state index in [0.717, 1.165) is 43.0 Å². The second-order valence-corrected chi connectivity index (χ2v) is 7.19. The van der Waals surface area contributed by atoms with Crippen LogP contribution in [-0.2, 0) is 9.59 Å². The second kappa shape index (κ2) is 7.67. The monoisotopic (exact) mass is 413 g/mol. The minimum Gasteiger partial charge on any atom is -0.350 e. The Hall–Kier alpha value is -3.19. The second-order valence-electron chi connectivity index (χ2n) is 6.82. The summed E-state index contributed by atoms with van der Waals surface area (Å²) < 4.78 is 13.2. The van der Waals surface area contributed by atoms with Gasteiger partial charge in [0.25, 0.3) is 17.7 Å². The largest absolute Gasteiger partial charge is 0.350 e. The molecule has 0 aliphatic carbocycles. The van der Waals surface area contributed by atoms with Crippen molar-refractivity contribution in [2.75, 3.05) is 23.3 Å². The van der Waals surface area contributed by atoms with Crippen molar-refractivity contribution in [3.05, 3.63) is 70.6 Å². The van der Waals surface area contributed by atoms with Crippen LogP contribution in [0.2, 0.25) is 0 Å². The summed E-state index contributed by atoms with van der Waals surface area (Å²) in [5, 5.41) is 2.59. The van der Waals surface area contributed by atoms with Crippen molar-refractivity contribution < 1.29 is 18.8 Å². The maximum absolute atomic E-state index is 13.2. The molecule has 2 aromatic rings. The molecule has 8 heteroatoms. The lowest BCUT2D eigenvalue weighted by molar-refractivity contribution is -0.120. The van der Waals surface area contributed by atoms with Gasteiger partial charge in [-0.2, -0.15) is 0 Å². The number of halogens is 2. The van der Waals surface area contributed by atoms with Crippen LogP contribution in [0.4, 0.5) is 15.8 Å². The van der Waals surface area contributed by atoms with Gasteiger partial charge < -0.3 is 10.2 Å². The molecule has 0 atom stereocenters. The van der Waals surface area contributed by atoms with E-state index in [1.54, 1.807) is 29.2 Å². The van der Waals surface area contributed by atoms with Crippen molar-refractivity contribution in [1.82, 2.24) is 4.90 Å². The highest BCUT2D eigenvalue weighted by Crippen LogP contribution is 2.30. The van der Waals surface area contributed by atoms with E-state index in [1.165, 1.54) is 12.1 Å². The first-order chi connectivity index (χ1) is 14.0. The number of nitrogens with one attached hydrogen (secondary N) is 1. The number of benzene rings is 2. The number of nitrogens with zero attached hydrogens (tertiary/aromatic N) is 2. The smallest absolute Gasteiger partial charge is 0.283 e. The molecule has 29 heavy (non-hydrogen) atoms. The number of hydrogen-bond acceptors (Lipinski definition) is 4. The molecule has 1 fully saturated rings. The Kier molecular flexibility index (Phi) is 5.07. The summed E-state index contributed by atoms with van der Waals surface area (Å²) in [5.74, 6) is -1.91. The topological polar surface area (TPSA) is 69.7 Å². The van der Waals surface area contributed by atoms with Gasteiger partial charge in [-0.3, -0.25) is 14.4 Å². The molecular weight excluding hydrogens is 397 g/mol. The average Bonchev–Trinajstić information content (AvgIpc) is 3.33. The van der Waals surface area contributed by atoms with Crippen LogP contribution in [0.3, 0.4) is 0 Å². The maximum Gasteiger partial charge on any atom is 0.283 e. The zero-order chi connectivity index (χ0) is 20.5. The van der Waals surface area contributed by atoms with E-state index < -0.39 is 17.6 Å². The van der Waals surface area contributed by atoms with Crippen LogP contribution in [0.15, 0.2) is 59.3 Å². The lowest BCUT2D eigenvalue weighted by atomic mass is 10.1. The number of hydrogen-bond donors (Lipinski definition) is 1. The van der Waals surface area contributed by atoms with Crippen molar-refractivity contribution >= 4 is 40.7 Å². The first-order valence-electron chi connectivity index (χ1n) is 9.16. The molecule has 0 spiro atoms. The van der Waals surface area contributed by atoms with Crippen molar-refractivity contribution in [3.8, 4) is 0 Å². The fraction of sp³-hybridized carbons (Fsp3) is 0.190. The van der Waals surface area contributed by atoms with Crippen molar-refractivity contribution in [1.29, 1.82) is 0 Å². The first-order valence-corrected chi connectivity index (χ1v) is 9.54. The van der Waals surface area contributed by atoms with Crippen LogP contribution in [0.25, 0.3) is 0 Å². The van der Waals surface area contributed by atoms with Crippen molar-refractivity contribution in [3.63, 3.8) is 0 Å². The maximum atomic E-state index is 13.2. The van der Waals surface area contributed by atoms with Gasteiger partial charge in [-0.25, -0.2) is 9.29 Å². The SMILES string of the molecule is O=C(c1cccc(NC2=C(Cl)C(=O)N(c3ccc(F)cc3)C2=O)c1)N1CCCC1. The Balaban J connectivity index is 1.57. The van der Waals surface area contributed by atoms with Gasteiger partial charge in [-0.1, -0.05) is 17.7 Å². The van der Waals surface area contributed by atoms with E-state index in [9.17, 15) is 18.8 Å². The molecule has 148 valence electrons. The Morgan fingerprint density at radius 1 is 1.00 bits per heavy atom. The molecule has 2 aromatic carbocycles. The number of carbonyl (C=O) groups is 3. The minimum absolute atomic E-state index is 0.0759. The lowest BCUT2D eigenvalue weighted by Crippen LogP contribution is -2.32. The molecule has 1 N–H and O–H groups in total. The molecule has 2 aliphatic heterocycles. The third-order valence-electron chi connectivity index (χ3n) is 4.88. The summed E-state index contributed by atoms with van der Waals surface area (Å²) >= 11 is 6.11. The number of anilines is 2. The zero-order valence-corrected chi connectivity index (χ0v) is 16.1. The van der Waals surface area contributed by atoms with Crippen molar-refractivity contribution in [2.24, 2.45) is 0 Å². The minimum atomic E-state index is -0.699. The van der Waals surface area contributed by atoms with E-state index >= 15 is 0 Å². The van der Waals surface area contributed by atoms with E-state index in [-0.39, 0.29) is 22.3 Å². The number of imide groups is 1. The van der Waals surface area contributed by atoms with Crippen LogP contribution in [0.5, 0.6) is 0 Å². The first kappa shape index (κ1) is 19.1. The third kappa shape index (κ3) is 3.61.